The molecule has 1 amide bonds. The van der Waals surface area contributed by atoms with Crippen LogP contribution < -0.4 is 10.2 Å². The summed E-state index contributed by atoms with van der Waals surface area (Å²) in [4.78, 5) is 23.1. The van der Waals surface area contributed by atoms with Crippen molar-refractivity contribution in [1.82, 2.24) is 9.97 Å². The van der Waals surface area contributed by atoms with Crippen LogP contribution in [0.1, 0.15) is 29.3 Å². The molecule has 0 bridgehead atoms. The lowest BCUT2D eigenvalue weighted by Crippen LogP contribution is -2.30. The Morgan fingerprint density at radius 1 is 1.33 bits per heavy atom. The zero-order chi connectivity index (χ0) is 15.1. The van der Waals surface area contributed by atoms with E-state index < -0.39 is 0 Å². The molecule has 0 radical (unpaired) electrons. The van der Waals surface area contributed by atoms with Gasteiger partial charge in [0.2, 0.25) is 0 Å². The number of hydrogen-bond acceptors (Lipinski definition) is 4. The number of rotatable bonds is 1. The van der Waals surface area contributed by atoms with Crippen LogP contribution in [0.25, 0.3) is 0 Å². The summed E-state index contributed by atoms with van der Waals surface area (Å²) in [6.07, 6.45) is 5.66. The number of aromatic nitrogens is 2. The van der Waals surface area contributed by atoms with Crippen molar-refractivity contribution in [3.05, 3.63) is 47.3 Å². The smallest absolute Gasteiger partial charge is 0.261 e. The number of nitrogens with zero attached hydrogens (tertiary/aromatic N) is 3. The van der Waals surface area contributed by atoms with Gasteiger partial charge in [0.25, 0.3) is 5.91 Å². The van der Waals surface area contributed by atoms with Crippen LogP contribution in [-0.4, -0.2) is 28.9 Å². The maximum absolute atomic E-state index is 12.7. The lowest BCUT2D eigenvalue weighted by molar-refractivity contribution is 0.0988. The molecule has 2 aromatic rings. The molecule has 1 atom stereocenters. The van der Waals surface area contributed by atoms with Gasteiger partial charge in [-0.1, -0.05) is 6.07 Å². The maximum atomic E-state index is 12.7. The molecule has 2 aromatic heterocycles. The predicted octanol–water partition coefficient (Wildman–Crippen LogP) is 2.04. The van der Waals surface area contributed by atoms with E-state index in [0.29, 0.717) is 12.1 Å². The van der Waals surface area contributed by atoms with Gasteiger partial charge < -0.3 is 5.32 Å². The van der Waals surface area contributed by atoms with E-state index in [1.165, 1.54) is 0 Å². The van der Waals surface area contributed by atoms with Crippen LogP contribution in [0.3, 0.4) is 0 Å². The number of pyridine rings is 2. The molecule has 0 fully saturated rings. The summed E-state index contributed by atoms with van der Waals surface area (Å²) >= 11 is 0. The van der Waals surface area contributed by atoms with Crippen LogP contribution in [-0.2, 0) is 12.8 Å². The van der Waals surface area contributed by atoms with E-state index in [2.05, 4.69) is 15.3 Å². The highest BCUT2D eigenvalue weighted by Gasteiger charge is 2.27. The minimum Gasteiger partial charge on any atom is -0.370 e. The minimum atomic E-state index is -0.309. The fourth-order valence-electron chi connectivity index (χ4n) is 2.90. The molecule has 0 saturated carbocycles. The Hall–Kier alpha value is -2.43. The van der Waals surface area contributed by atoms with E-state index in [9.17, 15) is 4.79 Å². The summed E-state index contributed by atoms with van der Waals surface area (Å²) in [6.45, 7) is 0.353. The molecular weight excluding hydrogens is 264 g/mol. The molecule has 1 N–H and O–H groups in total. The Morgan fingerprint density at radius 2 is 2.29 bits per heavy atom. The molecule has 5 heteroatoms. The van der Waals surface area contributed by atoms with Crippen LogP contribution in [0, 0.1) is 0 Å². The molecule has 2 aliphatic rings. The molecule has 21 heavy (non-hydrogen) atoms. The van der Waals surface area contributed by atoms with Crippen LogP contribution in [0.2, 0.25) is 0 Å². The molecule has 0 spiro atoms. The van der Waals surface area contributed by atoms with Gasteiger partial charge >= 0.3 is 0 Å². The minimum absolute atomic E-state index is 0.0549. The third kappa shape index (κ3) is 2.05. The number of amides is 1. The Kier molecular flexibility index (Phi) is 2.59. The molecule has 0 saturated heterocycles. The van der Waals surface area contributed by atoms with Crippen molar-refractivity contribution in [3.63, 3.8) is 0 Å². The predicted molar refractivity (Wildman–Crippen MR) is 80.7 cm³/mol. The van der Waals surface area contributed by atoms with Crippen LogP contribution in [0.15, 0.2) is 30.6 Å². The van der Waals surface area contributed by atoms with Crippen molar-refractivity contribution in [2.45, 2.75) is 19.3 Å². The Labute approximate surface area is 124 Å². The quantitative estimate of drug-likeness (QED) is 0.869. The lowest BCUT2D eigenvalue weighted by atomic mass is 10.0. The summed E-state index contributed by atoms with van der Waals surface area (Å²) in [7, 11) is 0. The Morgan fingerprint density at radius 3 is 3.24 bits per heavy atom. The largest absolute Gasteiger partial charge is 0.370 e. The van der Waals surface area contributed by atoms with Crippen molar-refractivity contribution >= 4 is 17.5 Å². The summed E-state index contributed by atoms with van der Waals surface area (Å²) < 4.78 is 7.72. The summed E-state index contributed by atoms with van der Waals surface area (Å²) in [5.74, 6) is 1.43. The van der Waals surface area contributed by atoms with E-state index in [4.69, 9.17) is 1.37 Å². The van der Waals surface area contributed by atoms with E-state index >= 15 is 0 Å². The third-order valence-corrected chi connectivity index (χ3v) is 3.98. The van der Waals surface area contributed by atoms with Gasteiger partial charge in [-0.15, -0.1) is 0 Å². The zero-order valence-corrected chi connectivity index (χ0v) is 11.5. The van der Waals surface area contributed by atoms with E-state index in [0.717, 1.165) is 42.0 Å². The van der Waals surface area contributed by atoms with Gasteiger partial charge in [-0.2, -0.15) is 0 Å². The third-order valence-electron chi connectivity index (χ3n) is 3.98. The molecule has 106 valence electrons. The SMILES string of the molecule is [2H]C1CCc2cc(C(=O)N3CCc4cccnc43)cnc2N1. The fourth-order valence-corrected chi connectivity index (χ4v) is 2.90. The highest BCUT2D eigenvalue weighted by molar-refractivity contribution is 6.06. The van der Waals surface area contributed by atoms with Gasteiger partial charge in [0, 0.05) is 26.8 Å². The first-order valence-electron chi connectivity index (χ1n) is 7.73. The van der Waals surface area contributed by atoms with Gasteiger partial charge in [0.15, 0.2) is 0 Å². The number of aryl methyl sites for hydroxylation is 1. The Bertz CT molecular complexity index is 749. The fraction of sp³-hybridized carbons (Fsp3) is 0.312. The number of fused-ring (bicyclic) bond motifs is 2. The molecule has 0 aromatic carbocycles. The molecule has 0 aliphatic carbocycles. The second kappa shape index (κ2) is 4.84. The molecule has 4 heterocycles. The summed E-state index contributed by atoms with van der Waals surface area (Å²) in [6, 6.07) is 5.81. The normalized spacial score (nSPS) is 20.3. The first-order chi connectivity index (χ1) is 10.7. The van der Waals surface area contributed by atoms with Crippen molar-refractivity contribution in [2.24, 2.45) is 0 Å². The number of nitrogens with one attached hydrogen (secondary N) is 1. The van der Waals surface area contributed by atoms with Crippen molar-refractivity contribution < 1.29 is 6.17 Å². The van der Waals surface area contributed by atoms with Gasteiger partial charge in [0.1, 0.15) is 11.6 Å². The van der Waals surface area contributed by atoms with E-state index in [-0.39, 0.29) is 12.4 Å². The number of carbonyl (C=O) groups is 1. The Balaban J connectivity index is 1.64. The van der Waals surface area contributed by atoms with Crippen LogP contribution in [0.5, 0.6) is 0 Å². The van der Waals surface area contributed by atoms with E-state index in [1.807, 2.05) is 18.2 Å². The van der Waals surface area contributed by atoms with Crippen LogP contribution in [0.4, 0.5) is 11.6 Å². The number of anilines is 2. The number of carbonyl (C=O) groups excluding carboxylic acids is 1. The molecule has 2 aliphatic heterocycles. The van der Waals surface area contributed by atoms with Crippen molar-refractivity contribution in [2.75, 3.05) is 23.3 Å². The highest BCUT2D eigenvalue weighted by Crippen LogP contribution is 2.27. The maximum Gasteiger partial charge on any atom is 0.261 e. The standard InChI is InChI=1S/C16H16N4O/c21-16(20-8-5-11-3-1-7-18-15(11)20)13-9-12-4-2-6-17-14(12)19-10-13/h1,3,7,9-10H,2,4-6,8H2,(H,17,19)/i6D. The average Bonchev–Trinajstić information content (AvgIpc) is 2.97. The molecule has 4 rings (SSSR count). The second-order valence-corrected chi connectivity index (χ2v) is 5.31. The first-order valence-corrected chi connectivity index (χ1v) is 7.16. The monoisotopic (exact) mass is 281 g/mol. The number of hydrogen-bond donors (Lipinski definition) is 1. The van der Waals surface area contributed by atoms with Gasteiger partial charge in [-0.25, -0.2) is 9.97 Å². The summed E-state index contributed by atoms with van der Waals surface area (Å²) in [5.41, 5.74) is 2.71. The average molecular weight is 281 g/mol. The van der Waals surface area contributed by atoms with Gasteiger partial charge in [0.05, 0.1) is 5.56 Å². The lowest BCUT2D eigenvalue weighted by Gasteiger charge is -2.19. The molecular formula is C16H16N4O. The van der Waals surface area contributed by atoms with Gasteiger partial charge in [-0.3, -0.25) is 9.69 Å². The molecule has 5 nitrogen and oxygen atoms in total. The highest BCUT2D eigenvalue weighted by atomic mass is 16.2. The summed E-state index contributed by atoms with van der Waals surface area (Å²) in [5, 5.41) is 3.03. The van der Waals surface area contributed by atoms with Gasteiger partial charge in [-0.05, 0) is 42.5 Å². The van der Waals surface area contributed by atoms with Crippen molar-refractivity contribution in [1.29, 1.82) is 0 Å². The topological polar surface area (TPSA) is 58.1 Å². The van der Waals surface area contributed by atoms with Crippen LogP contribution >= 0.6 is 0 Å². The van der Waals surface area contributed by atoms with E-state index in [1.54, 1.807) is 17.3 Å². The molecule has 1 unspecified atom stereocenters. The van der Waals surface area contributed by atoms with Crippen molar-refractivity contribution in [3.8, 4) is 0 Å². The first kappa shape index (κ1) is 11.3. The zero-order valence-electron chi connectivity index (χ0n) is 12.5. The second-order valence-electron chi connectivity index (χ2n) is 5.31.